The number of benzene rings is 1. The molecule has 3 N–H and O–H groups in total. The van der Waals surface area contributed by atoms with Crippen molar-refractivity contribution in [2.75, 3.05) is 17.7 Å². The van der Waals surface area contributed by atoms with Crippen LogP contribution in [-0.4, -0.2) is 44.5 Å². The molecule has 0 bridgehead atoms. The van der Waals surface area contributed by atoms with Crippen molar-refractivity contribution in [2.45, 2.75) is 37.9 Å². The van der Waals surface area contributed by atoms with Crippen molar-refractivity contribution < 1.29 is 22.8 Å². The van der Waals surface area contributed by atoms with Gasteiger partial charge in [0.25, 0.3) is 5.91 Å². The van der Waals surface area contributed by atoms with E-state index in [-0.39, 0.29) is 34.5 Å². The minimum atomic E-state index is -4.62. The lowest BCUT2D eigenvalue weighted by Crippen LogP contribution is -2.39. The molecule has 0 unspecified atom stereocenters. The third kappa shape index (κ3) is 7.26. The van der Waals surface area contributed by atoms with E-state index in [9.17, 15) is 22.8 Å². The lowest BCUT2D eigenvalue weighted by atomic mass is 9.85. The van der Waals surface area contributed by atoms with Crippen molar-refractivity contribution in [1.82, 2.24) is 24.9 Å². The molecule has 1 aliphatic carbocycles. The maximum absolute atomic E-state index is 12.7. The van der Waals surface area contributed by atoms with Gasteiger partial charge in [0.2, 0.25) is 5.91 Å². The van der Waals surface area contributed by atoms with Crippen LogP contribution in [0.2, 0.25) is 5.02 Å². The number of nitrogens with zero attached hydrogens (tertiary/aromatic N) is 4. The second-order valence-corrected chi connectivity index (χ2v) is 9.53. The molecule has 13 heteroatoms. The van der Waals surface area contributed by atoms with E-state index in [4.69, 9.17) is 11.6 Å². The number of aromatic nitrogens is 4. The van der Waals surface area contributed by atoms with E-state index in [0.29, 0.717) is 43.0 Å². The largest absolute Gasteiger partial charge is 0.433 e. The van der Waals surface area contributed by atoms with Gasteiger partial charge < -0.3 is 16.0 Å². The maximum Gasteiger partial charge on any atom is 0.433 e. The van der Waals surface area contributed by atoms with E-state index >= 15 is 0 Å². The Morgan fingerprint density at radius 2 is 1.75 bits per heavy atom. The van der Waals surface area contributed by atoms with Crippen LogP contribution < -0.4 is 16.0 Å². The number of carbonyl (C=O) groups is 2. The van der Waals surface area contributed by atoms with Crippen LogP contribution in [0.1, 0.15) is 41.7 Å². The fourth-order valence-corrected chi connectivity index (χ4v) is 4.47. The first-order chi connectivity index (χ1) is 19.2. The number of para-hydroxylation sites is 1. The summed E-state index contributed by atoms with van der Waals surface area (Å²) in [5.41, 5.74) is 0.890. The first kappa shape index (κ1) is 28.8. The van der Waals surface area contributed by atoms with Crippen LogP contribution in [0.25, 0.3) is 5.65 Å². The van der Waals surface area contributed by atoms with Gasteiger partial charge in [-0.15, -0.1) is 0 Å². The summed E-state index contributed by atoms with van der Waals surface area (Å²) in [5.74, 6) is -0.973. The molecule has 3 aromatic heterocycles. The highest BCUT2D eigenvalue weighted by atomic mass is 35.5. The van der Waals surface area contributed by atoms with Gasteiger partial charge in [-0.25, -0.2) is 14.5 Å². The van der Waals surface area contributed by atoms with Crippen molar-refractivity contribution >= 4 is 40.4 Å². The van der Waals surface area contributed by atoms with Crippen molar-refractivity contribution in [2.24, 2.45) is 5.92 Å². The van der Waals surface area contributed by atoms with Gasteiger partial charge in [0, 0.05) is 37.1 Å². The van der Waals surface area contributed by atoms with Crippen LogP contribution in [-0.2, 0) is 11.0 Å². The fourth-order valence-electron chi connectivity index (χ4n) is 4.27. The number of halogens is 4. The molecule has 1 aliphatic rings. The highest BCUT2D eigenvalue weighted by molar-refractivity contribution is 6.33. The van der Waals surface area contributed by atoms with Gasteiger partial charge in [-0.3, -0.25) is 9.59 Å². The molecule has 1 fully saturated rings. The van der Waals surface area contributed by atoms with Gasteiger partial charge in [-0.1, -0.05) is 29.8 Å². The first-order valence-corrected chi connectivity index (χ1v) is 12.9. The molecule has 0 radical (unpaired) electrons. The summed E-state index contributed by atoms with van der Waals surface area (Å²) >= 11 is 5.88. The summed E-state index contributed by atoms with van der Waals surface area (Å²) in [6.07, 6.45) is 3.19. The summed E-state index contributed by atoms with van der Waals surface area (Å²) < 4.78 is 39.6. The van der Waals surface area contributed by atoms with E-state index < -0.39 is 11.9 Å². The van der Waals surface area contributed by atoms with E-state index in [2.05, 4.69) is 31.0 Å². The summed E-state index contributed by atoms with van der Waals surface area (Å²) in [4.78, 5) is 32.6. The number of nitrogens with one attached hydrogen (secondary N) is 3. The second-order valence-electron chi connectivity index (χ2n) is 9.12. The van der Waals surface area contributed by atoms with Crippen molar-refractivity contribution in [3.05, 3.63) is 83.5 Å². The fraction of sp³-hybridized carbons (Fsp3) is 0.296. The van der Waals surface area contributed by atoms with Crippen LogP contribution in [0.4, 0.5) is 24.5 Å². The number of fused-ring (bicyclic) bond motifs is 1. The van der Waals surface area contributed by atoms with Crippen LogP contribution >= 0.6 is 11.6 Å². The van der Waals surface area contributed by atoms with Crippen molar-refractivity contribution in [3.8, 4) is 0 Å². The van der Waals surface area contributed by atoms with Gasteiger partial charge in [-0.2, -0.15) is 18.3 Å². The third-order valence-corrected chi connectivity index (χ3v) is 6.73. The molecular weight excluding hydrogens is 547 g/mol. The Kier molecular flexibility index (Phi) is 9.20. The smallest absolute Gasteiger partial charge is 0.388 e. The standard InChI is InChI=1S/C20H18ClF3N6O2.C7H9N/c21-14-8-16(20(22,23)24)26-10-15(14)29-18(31)11-2-4-12(5-3-11)28-19(32)13-9-27-30-7-1-6-25-17(13)30;1-8-7-5-3-2-4-6-7/h1,6-12H,2-5H2,(H,28,32)(H,29,31);2-6,8H,1H3/t11-,12-;. The number of rotatable bonds is 5. The van der Waals surface area contributed by atoms with Gasteiger partial charge >= 0.3 is 6.18 Å². The zero-order valence-electron chi connectivity index (χ0n) is 21.5. The Labute approximate surface area is 233 Å². The molecule has 1 saturated carbocycles. The summed E-state index contributed by atoms with van der Waals surface area (Å²) in [7, 11) is 1.91. The number of amides is 2. The zero-order valence-corrected chi connectivity index (χ0v) is 22.2. The Hall–Kier alpha value is -4.19. The molecule has 0 aliphatic heterocycles. The second kappa shape index (κ2) is 12.8. The lowest BCUT2D eigenvalue weighted by molar-refractivity contribution is -0.141. The summed E-state index contributed by atoms with van der Waals surface area (Å²) in [6.45, 7) is 0. The summed E-state index contributed by atoms with van der Waals surface area (Å²) in [5, 5.41) is 12.4. The number of hydrogen-bond donors (Lipinski definition) is 3. The lowest BCUT2D eigenvalue weighted by Gasteiger charge is -2.28. The van der Waals surface area contributed by atoms with E-state index in [1.807, 2.05) is 37.4 Å². The van der Waals surface area contributed by atoms with Crippen LogP contribution in [0.15, 0.2) is 67.3 Å². The van der Waals surface area contributed by atoms with Gasteiger partial charge in [0.15, 0.2) is 5.65 Å². The SMILES string of the molecule is CNc1ccccc1.O=C(N[C@H]1CC[C@H](C(=O)Nc2cnc(C(F)(F)F)cc2Cl)CC1)c1cnn2cccnc12. The monoisotopic (exact) mass is 573 g/mol. The molecule has 0 spiro atoms. The normalized spacial score (nSPS) is 16.9. The molecule has 0 atom stereocenters. The first-order valence-electron chi connectivity index (χ1n) is 12.5. The Bertz CT molecular complexity index is 1460. The maximum atomic E-state index is 12.7. The number of alkyl halides is 3. The molecule has 3 heterocycles. The van der Waals surface area contributed by atoms with Crippen molar-refractivity contribution in [3.63, 3.8) is 0 Å². The Balaban J connectivity index is 0.000000398. The average molecular weight is 574 g/mol. The highest BCUT2D eigenvalue weighted by Gasteiger charge is 2.33. The van der Waals surface area contributed by atoms with Crippen LogP contribution in [0.3, 0.4) is 0 Å². The van der Waals surface area contributed by atoms with Gasteiger partial charge in [-0.05, 0) is 49.9 Å². The predicted octanol–water partition coefficient (Wildman–Crippen LogP) is 5.45. The van der Waals surface area contributed by atoms with E-state index in [0.717, 1.165) is 11.9 Å². The Morgan fingerprint density at radius 3 is 2.38 bits per heavy atom. The molecule has 2 amide bonds. The topological polar surface area (TPSA) is 113 Å². The molecule has 1 aromatic carbocycles. The minimum Gasteiger partial charge on any atom is -0.388 e. The Morgan fingerprint density at radius 1 is 1.02 bits per heavy atom. The molecule has 5 rings (SSSR count). The number of carbonyl (C=O) groups excluding carboxylic acids is 2. The van der Waals surface area contributed by atoms with Crippen LogP contribution in [0, 0.1) is 5.92 Å². The summed E-state index contributed by atoms with van der Waals surface area (Å²) in [6, 6.07) is 12.3. The number of pyridine rings is 1. The number of anilines is 2. The molecule has 4 aromatic rings. The zero-order chi connectivity index (χ0) is 28.7. The highest BCUT2D eigenvalue weighted by Crippen LogP contribution is 2.33. The molecule has 0 saturated heterocycles. The van der Waals surface area contributed by atoms with Gasteiger partial charge in [0.1, 0.15) is 11.3 Å². The van der Waals surface area contributed by atoms with Gasteiger partial charge in [0.05, 0.1) is 23.1 Å². The van der Waals surface area contributed by atoms with E-state index in [1.165, 1.54) is 10.7 Å². The van der Waals surface area contributed by atoms with Crippen LogP contribution in [0.5, 0.6) is 0 Å². The quantitative estimate of drug-likeness (QED) is 0.292. The molecule has 40 heavy (non-hydrogen) atoms. The van der Waals surface area contributed by atoms with E-state index in [1.54, 1.807) is 18.5 Å². The number of hydrogen-bond acceptors (Lipinski definition) is 6. The predicted molar refractivity (Wildman–Crippen MR) is 145 cm³/mol. The molecular formula is C27H27ClF3N7O2. The third-order valence-electron chi connectivity index (χ3n) is 6.42. The molecule has 210 valence electrons. The average Bonchev–Trinajstić information content (AvgIpc) is 3.39. The van der Waals surface area contributed by atoms with Crippen molar-refractivity contribution in [1.29, 1.82) is 0 Å². The minimum absolute atomic E-state index is 0.0284. The molecule has 9 nitrogen and oxygen atoms in total.